The van der Waals surface area contributed by atoms with E-state index in [1.54, 1.807) is 20.8 Å². The maximum Gasteiger partial charge on any atom is 1.00 e. The molecular formula is C11H18BF3KNO4. The summed E-state index contributed by atoms with van der Waals surface area (Å²) in [5.41, 5.74) is -0.777. The van der Waals surface area contributed by atoms with Gasteiger partial charge in [0.2, 0.25) is 0 Å². The molecule has 1 rings (SSSR count). The fraction of sp³-hybridized carbons (Fsp3) is 0.818. The summed E-state index contributed by atoms with van der Waals surface area (Å²) in [5, 5.41) is -2.18. The molecule has 21 heavy (non-hydrogen) atoms. The average Bonchev–Trinajstić information content (AvgIpc) is 2.17. The number of rotatable bonds is 3. The molecule has 0 spiro atoms. The molecule has 0 aliphatic carbocycles. The van der Waals surface area contributed by atoms with Gasteiger partial charge in [-0.05, 0) is 26.1 Å². The zero-order chi connectivity index (χ0) is 15.8. The number of hydrogen-bond donors (Lipinski definition) is 0. The maximum atomic E-state index is 13.1. The Balaban J connectivity index is 0.00000400. The van der Waals surface area contributed by atoms with E-state index in [9.17, 15) is 22.5 Å². The summed E-state index contributed by atoms with van der Waals surface area (Å²) in [7, 11) is 1.03. The predicted octanol–water partition coefficient (Wildman–Crippen LogP) is -0.608. The molecule has 0 N–H and O–H groups in total. The molecule has 1 aliphatic rings. The standard InChI is InChI=1S/C11H18BF3NO4.K/c1-10(2,3)20-9(18)16-6-11(7-16,12(13,14)15)5-8(17)19-4;/h5-7H2,1-4H3;/q-1;+1. The van der Waals surface area contributed by atoms with Crippen molar-refractivity contribution >= 4 is 19.0 Å². The third-order valence-electron chi connectivity index (χ3n) is 3.08. The fourth-order valence-corrected chi connectivity index (χ4v) is 1.96. The van der Waals surface area contributed by atoms with E-state index in [1.807, 2.05) is 0 Å². The van der Waals surface area contributed by atoms with Gasteiger partial charge >= 0.3 is 70.4 Å². The van der Waals surface area contributed by atoms with Crippen molar-refractivity contribution in [3.63, 3.8) is 0 Å². The Morgan fingerprint density at radius 3 is 2.05 bits per heavy atom. The van der Waals surface area contributed by atoms with E-state index in [0.29, 0.717) is 0 Å². The number of methoxy groups -OCH3 is 1. The van der Waals surface area contributed by atoms with Crippen molar-refractivity contribution < 1.29 is 83.4 Å². The molecule has 10 heteroatoms. The van der Waals surface area contributed by atoms with Crippen molar-refractivity contribution in [3.8, 4) is 0 Å². The topological polar surface area (TPSA) is 55.8 Å². The van der Waals surface area contributed by atoms with Gasteiger partial charge in [0.25, 0.3) is 0 Å². The fourth-order valence-electron chi connectivity index (χ4n) is 1.96. The van der Waals surface area contributed by atoms with E-state index < -0.39 is 49.5 Å². The first kappa shape index (κ1) is 21.2. The number of amides is 1. The number of likely N-dealkylation sites (tertiary alicyclic amines) is 1. The normalized spacial score (nSPS) is 17.4. The third kappa shape index (κ3) is 5.42. The summed E-state index contributed by atoms with van der Waals surface area (Å²) in [6.07, 6.45) is -1.58. The van der Waals surface area contributed by atoms with Crippen LogP contribution in [0.5, 0.6) is 0 Å². The predicted molar refractivity (Wildman–Crippen MR) is 66.2 cm³/mol. The molecule has 0 atom stereocenters. The Labute approximate surface area is 164 Å². The van der Waals surface area contributed by atoms with Crippen LogP contribution in [0, 0.1) is 0 Å². The van der Waals surface area contributed by atoms with Crippen molar-refractivity contribution in [2.45, 2.75) is 38.1 Å². The van der Waals surface area contributed by atoms with Crippen LogP contribution >= 0.6 is 0 Å². The summed E-state index contributed by atoms with van der Waals surface area (Å²) in [6.45, 7) is -1.53. The minimum Gasteiger partial charge on any atom is -0.469 e. The van der Waals surface area contributed by atoms with Crippen LogP contribution in [0.4, 0.5) is 17.7 Å². The second kappa shape index (κ2) is 7.20. The molecule has 1 fully saturated rings. The second-order valence-corrected chi connectivity index (χ2v) is 6.03. The Morgan fingerprint density at radius 1 is 1.24 bits per heavy atom. The van der Waals surface area contributed by atoms with Gasteiger partial charge in [-0.25, -0.2) is 4.79 Å². The molecular weight excluding hydrogens is 317 g/mol. The summed E-state index contributed by atoms with van der Waals surface area (Å²) in [6, 6.07) is 0. The van der Waals surface area contributed by atoms with Crippen LogP contribution in [0.3, 0.4) is 0 Å². The van der Waals surface area contributed by atoms with Gasteiger partial charge in [-0.2, -0.15) is 0 Å². The number of hydrogen-bond acceptors (Lipinski definition) is 4. The van der Waals surface area contributed by atoms with Gasteiger partial charge in [-0.3, -0.25) is 4.79 Å². The van der Waals surface area contributed by atoms with E-state index in [2.05, 4.69) is 4.74 Å². The molecule has 0 aromatic carbocycles. The van der Waals surface area contributed by atoms with Crippen molar-refractivity contribution in [3.05, 3.63) is 0 Å². The average molecular weight is 335 g/mol. The Hall–Kier alpha value is 0.231. The first-order chi connectivity index (χ1) is 8.90. The Bertz CT molecular complexity index is 405. The number of carbonyl (C=O) groups is 2. The molecule has 0 aromatic rings. The van der Waals surface area contributed by atoms with E-state index in [-0.39, 0.29) is 51.4 Å². The van der Waals surface area contributed by atoms with Gasteiger partial charge in [0, 0.05) is 19.5 Å². The molecule has 1 amide bonds. The van der Waals surface area contributed by atoms with E-state index in [0.717, 1.165) is 12.0 Å². The van der Waals surface area contributed by atoms with Crippen LogP contribution in [-0.2, 0) is 14.3 Å². The monoisotopic (exact) mass is 335 g/mol. The zero-order valence-corrected chi connectivity index (χ0v) is 16.0. The van der Waals surface area contributed by atoms with Gasteiger partial charge in [0.05, 0.1) is 7.11 Å². The largest absolute Gasteiger partial charge is 1.00 e. The van der Waals surface area contributed by atoms with Crippen LogP contribution in [-0.4, -0.2) is 49.7 Å². The molecule has 1 aliphatic heterocycles. The quantitative estimate of drug-likeness (QED) is 0.510. The van der Waals surface area contributed by atoms with Crippen LogP contribution in [0.1, 0.15) is 27.2 Å². The first-order valence-corrected chi connectivity index (χ1v) is 6.14. The summed E-state index contributed by atoms with van der Waals surface area (Å²) >= 11 is 0. The summed E-state index contributed by atoms with van der Waals surface area (Å²) in [5.74, 6) is -0.937. The van der Waals surface area contributed by atoms with Crippen molar-refractivity contribution in [2.75, 3.05) is 20.2 Å². The number of carbonyl (C=O) groups excluding carboxylic acids is 2. The molecule has 1 heterocycles. The minimum absolute atomic E-state index is 0. The van der Waals surface area contributed by atoms with E-state index in [1.165, 1.54) is 0 Å². The van der Waals surface area contributed by atoms with Gasteiger partial charge < -0.3 is 27.3 Å². The smallest absolute Gasteiger partial charge is 0.469 e. The molecule has 0 aromatic heterocycles. The first-order valence-electron chi connectivity index (χ1n) is 6.14. The van der Waals surface area contributed by atoms with Crippen LogP contribution in [0.15, 0.2) is 0 Å². The minimum atomic E-state index is -5.27. The van der Waals surface area contributed by atoms with Gasteiger partial charge in [-0.1, -0.05) is 0 Å². The molecule has 0 unspecified atom stereocenters. The Morgan fingerprint density at radius 2 is 1.71 bits per heavy atom. The molecule has 5 nitrogen and oxygen atoms in total. The molecule has 1 saturated heterocycles. The second-order valence-electron chi connectivity index (χ2n) is 6.03. The van der Waals surface area contributed by atoms with Crippen LogP contribution < -0.4 is 51.4 Å². The van der Waals surface area contributed by atoms with Crippen molar-refractivity contribution in [1.29, 1.82) is 0 Å². The molecule has 0 saturated carbocycles. The number of nitrogens with zero attached hydrogens (tertiary/aromatic N) is 1. The molecule has 116 valence electrons. The third-order valence-corrected chi connectivity index (χ3v) is 3.08. The molecule has 0 bridgehead atoms. The molecule has 0 radical (unpaired) electrons. The summed E-state index contributed by atoms with van der Waals surface area (Å²) in [4.78, 5) is 23.7. The van der Waals surface area contributed by atoms with Gasteiger partial charge in [0.15, 0.2) is 0 Å². The number of esters is 1. The van der Waals surface area contributed by atoms with Crippen LogP contribution in [0.25, 0.3) is 0 Å². The van der Waals surface area contributed by atoms with Crippen molar-refractivity contribution in [2.24, 2.45) is 0 Å². The van der Waals surface area contributed by atoms with E-state index >= 15 is 0 Å². The summed E-state index contributed by atoms with van der Waals surface area (Å²) < 4.78 is 48.6. The number of ether oxygens (including phenoxy) is 2. The van der Waals surface area contributed by atoms with Gasteiger partial charge in [0.1, 0.15) is 5.60 Å². The Kier molecular flexibility index (Phi) is 7.28. The SMILES string of the molecule is COC(=O)CC1([B-](F)(F)F)CN(C(=O)OC(C)(C)C)C1.[K+]. The number of halogens is 3. The van der Waals surface area contributed by atoms with E-state index in [4.69, 9.17) is 4.74 Å². The van der Waals surface area contributed by atoms with Crippen molar-refractivity contribution in [1.82, 2.24) is 4.90 Å². The van der Waals surface area contributed by atoms with Gasteiger partial charge in [-0.15, -0.1) is 0 Å². The van der Waals surface area contributed by atoms with Crippen LogP contribution in [0.2, 0.25) is 5.31 Å². The maximum absolute atomic E-state index is 13.1. The zero-order valence-electron chi connectivity index (χ0n) is 12.9.